The average molecular weight is 266 g/mol. The first kappa shape index (κ1) is 13.9. The van der Waals surface area contributed by atoms with Gasteiger partial charge in [-0.05, 0) is 19.3 Å². The van der Waals surface area contributed by atoms with Crippen molar-refractivity contribution in [1.82, 2.24) is 14.9 Å². The monoisotopic (exact) mass is 266 g/mol. The number of carbonyl (C=O) groups is 1. The Labute approximate surface area is 113 Å². The highest BCUT2D eigenvalue weighted by Gasteiger charge is 2.15. The van der Waals surface area contributed by atoms with E-state index in [1.54, 1.807) is 0 Å². The van der Waals surface area contributed by atoms with Gasteiger partial charge in [-0.1, -0.05) is 6.92 Å². The van der Waals surface area contributed by atoms with Gasteiger partial charge in [0.05, 0.1) is 0 Å². The first-order valence-corrected chi connectivity index (χ1v) is 6.98. The molecule has 2 heterocycles. The summed E-state index contributed by atoms with van der Waals surface area (Å²) in [7, 11) is 0. The minimum Gasteiger partial charge on any atom is -0.381 e. The fourth-order valence-electron chi connectivity index (χ4n) is 2.00. The predicted octanol–water partition coefficient (Wildman–Crippen LogP) is 1.25. The molecule has 6 heteroatoms. The lowest BCUT2D eigenvalue weighted by Gasteiger charge is -2.14. The molecule has 1 aliphatic heterocycles. The number of ether oxygens (including phenoxy) is 1. The molecule has 2 N–H and O–H groups in total. The Balaban J connectivity index is 1.72. The van der Waals surface area contributed by atoms with E-state index in [1.165, 1.54) is 0 Å². The van der Waals surface area contributed by atoms with Gasteiger partial charge in [0.15, 0.2) is 0 Å². The van der Waals surface area contributed by atoms with Gasteiger partial charge in [0, 0.05) is 39.0 Å². The topological polar surface area (TPSA) is 68.2 Å². The summed E-state index contributed by atoms with van der Waals surface area (Å²) in [6.07, 6.45) is 4.74. The highest BCUT2D eigenvalue weighted by molar-refractivity contribution is 5.92. The summed E-state index contributed by atoms with van der Waals surface area (Å²) in [5.74, 6) is 0.682. The molecule has 6 nitrogen and oxygen atoms in total. The molecule has 0 aliphatic carbocycles. The largest absolute Gasteiger partial charge is 0.381 e. The number of imidazole rings is 1. The third-order valence-electron chi connectivity index (χ3n) is 2.97. The molecule has 1 aromatic rings. The van der Waals surface area contributed by atoms with Crippen LogP contribution in [0.4, 0.5) is 5.95 Å². The number of aryl methyl sites for hydroxylation is 1. The van der Waals surface area contributed by atoms with Gasteiger partial charge >= 0.3 is 0 Å². The van der Waals surface area contributed by atoms with Crippen LogP contribution in [0, 0.1) is 0 Å². The Morgan fingerprint density at radius 1 is 1.58 bits per heavy atom. The Hall–Kier alpha value is -1.56. The van der Waals surface area contributed by atoms with Crippen LogP contribution >= 0.6 is 0 Å². The van der Waals surface area contributed by atoms with E-state index in [0.29, 0.717) is 18.8 Å². The van der Waals surface area contributed by atoms with Gasteiger partial charge in [-0.15, -0.1) is 0 Å². The second-order valence-corrected chi connectivity index (χ2v) is 4.65. The number of carbonyl (C=O) groups excluding carboxylic acids is 1. The van der Waals surface area contributed by atoms with Gasteiger partial charge in [-0.3, -0.25) is 4.79 Å². The first-order valence-electron chi connectivity index (χ1n) is 6.98. The van der Waals surface area contributed by atoms with E-state index in [1.807, 2.05) is 10.8 Å². The molecule has 2 rings (SSSR count). The van der Waals surface area contributed by atoms with Gasteiger partial charge in [0.1, 0.15) is 5.69 Å². The summed E-state index contributed by atoms with van der Waals surface area (Å²) in [6, 6.07) is 0. The molecular formula is C13H22N4O2. The van der Waals surface area contributed by atoms with E-state index >= 15 is 0 Å². The second-order valence-electron chi connectivity index (χ2n) is 4.65. The van der Waals surface area contributed by atoms with Gasteiger partial charge in [-0.2, -0.15) is 0 Å². The van der Waals surface area contributed by atoms with Gasteiger partial charge < -0.3 is 19.9 Å². The van der Waals surface area contributed by atoms with Crippen molar-refractivity contribution in [3.05, 3.63) is 11.9 Å². The smallest absolute Gasteiger partial charge is 0.271 e. The molecule has 0 saturated carbocycles. The molecule has 0 fully saturated rings. The van der Waals surface area contributed by atoms with Crippen molar-refractivity contribution in [3.8, 4) is 0 Å². The van der Waals surface area contributed by atoms with Gasteiger partial charge in [0.25, 0.3) is 5.91 Å². The predicted molar refractivity (Wildman–Crippen MR) is 73.4 cm³/mol. The summed E-state index contributed by atoms with van der Waals surface area (Å²) in [5.41, 5.74) is 0.485. The maximum absolute atomic E-state index is 11.9. The van der Waals surface area contributed by atoms with Gasteiger partial charge in [0.2, 0.25) is 5.95 Å². The number of hydrogen-bond acceptors (Lipinski definition) is 4. The van der Waals surface area contributed by atoms with Crippen LogP contribution in [-0.4, -0.2) is 41.8 Å². The summed E-state index contributed by atoms with van der Waals surface area (Å²) >= 11 is 0. The van der Waals surface area contributed by atoms with Crippen LogP contribution < -0.4 is 10.6 Å². The van der Waals surface area contributed by atoms with Gasteiger partial charge in [-0.25, -0.2) is 4.98 Å². The number of rotatable bonds is 7. The van der Waals surface area contributed by atoms with Crippen LogP contribution in [0.2, 0.25) is 0 Å². The first-order chi connectivity index (χ1) is 9.31. The number of amides is 1. The van der Waals surface area contributed by atoms with E-state index in [9.17, 15) is 4.79 Å². The number of nitrogens with zero attached hydrogens (tertiary/aromatic N) is 2. The minimum absolute atomic E-state index is 0.112. The maximum atomic E-state index is 11.9. The van der Waals surface area contributed by atoms with E-state index in [4.69, 9.17) is 4.74 Å². The Morgan fingerprint density at radius 2 is 2.47 bits per heavy atom. The molecule has 0 aromatic carbocycles. The molecule has 0 spiro atoms. The summed E-state index contributed by atoms with van der Waals surface area (Å²) < 4.78 is 7.34. The Morgan fingerprint density at radius 3 is 3.26 bits per heavy atom. The zero-order valence-corrected chi connectivity index (χ0v) is 11.4. The Bertz CT molecular complexity index is 393. The summed E-state index contributed by atoms with van der Waals surface area (Å²) in [6.45, 7) is 6.03. The van der Waals surface area contributed by atoms with Crippen molar-refractivity contribution in [2.24, 2.45) is 0 Å². The molecule has 106 valence electrons. The third kappa shape index (κ3) is 3.96. The lowest BCUT2D eigenvalue weighted by molar-refractivity contribution is 0.0937. The molecule has 0 unspecified atom stereocenters. The van der Waals surface area contributed by atoms with Crippen molar-refractivity contribution in [2.45, 2.75) is 32.7 Å². The fraction of sp³-hybridized carbons (Fsp3) is 0.692. The Kier molecular flexibility index (Phi) is 5.20. The number of anilines is 1. The SMILES string of the molecule is CCCOCCCNC(=O)c1cn2c(n1)NCCC2. The quantitative estimate of drug-likeness (QED) is 0.729. The van der Waals surface area contributed by atoms with Crippen molar-refractivity contribution < 1.29 is 9.53 Å². The fourth-order valence-corrected chi connectivity index (χ4v) is 2.00. The zero-order chi connectivity index (χ0) is 13.5. The molecule has 0 atom stereocenters. The third-order valence-corrected chi connectivity index (χ3v) is 2.97. The normalized spacial score (nSPS) is 13.7. The minimum atomic E-state index is -0.112. The zero-order valence-electron chi connectivity index (χ0n) is 11.4. The second kappa shape index (κ2) is 7.13. The molecule has 1 aliphatic rings. The number of aromatic nitrogens is 2. The van der Waals surface area contributed by atoms with Crippen LogP contribution in [0.25, 0.3) is 0 Å². The molecular weight excluding hydrogens is 244 g/mol. The van der Waals surface area contributed by atoms with Crippen LogP contribution in [0.1, 0.15) is 36.7 Å². The molecule has 19 heavy (non-hydrogen) atoms. The average Bonchev–Trinajstić information content (AvgIpc) is 2.86. The number of hydrogen-bond donors (Lipinski definition) is 2. The molecule has 0 saturated heterocycles. The summed E-state index contributed by atoms with van der Waals surface area (Å²) in [4.78, 5) is 16.2. The molecule has 1 amide bonds. The van der Waals surface area contributed by atoms with Crippen LogP contribution in [0.15, 0.2) is 6.20 Å². The highest BCUT2D eigenvalue weighted by atomic mass is 16.5. The van der Waals surface area contributed by atoms with Crippen molar-refractivity contribution in [1.29, 1.82) is 0 Å². The standard InChI is InChI=1S/C13H22N4O2/c1-2-8-19-9-4-6-14-12(18)11-10-17-7-3-5-15-13(17)16-11/h10H,2-9H2,1H3,(H,14,18)(H,15,16). The van der Waals surface area contributed by atoms with Crippen LogP contribution in [-0.2, 0) is 11.3 Å². The van der Waals surface area contributed by atoms with E-state index in [-0.39, 0.29) is 5.91 Å². The number of nitrogens with one attached hydrogen (secondary N) is 2. The van der Waals surface area contributed by atoms with E-state index in [0.717, 1.165) is 44.9 Å². The maximum Gasteiger partial charge on any atom is 0.271 e. The molecule has 0 radical (unpaired) electrons. The van der Waals surface area contributed by atoms with Crippen LogP contribution in [0.5, 0.6) is 0 Å². The van der Waals surface area contributed by atoms with Crippen molar-refractivity contribution in [3.63, 3.8) is 0 Å². The van der Waals surface area contributed by atoms with Crippen LogP contribution in [0.3, 0.4) is 0 Å². The lowest BCUT2D eigenvalue weighted by atomic mass is 10.3. The lowest BCUT2D eigenvalue weighted by Crippen LogP contribution is -2.25. The summed E-state index contributed by atoms with van der Waals surface area (Å²) in [5, 5.41) is 6.04. The van der Waals surface area contributed by atoms with E-state index in [2.05, 4.69) is 22.5 Å². The van der Waals surface area contributed by atoms with Crippen molar-refractivity contribution in [2.75, 3.05) is 31.6 Å². The number of fused-ring (bicyclic) bond motifs is 1. The van der Waals surface area contributed by atoms with Crippen molar-refractivity contribution >= 4 is 11.9 Å². The highest BCUT2D eigenvalue weighted by Crippen LogP contribution is 2.13. The molecule has 1 aromatic heterocycles. The van der Waals surface area contributed by atoms with E-state index < -0.39 is 0 Å². The molecule has 0 bridgehead atoms.